The third-order valence-electron chi connectivity index (χ3n) is 2.90. The monoisotopic (exact) mass is 216 g/mol. The second-order valence-electron chi connectivity index (χ2n) is 4.15. The maximum atomic E-state index is 9.42. The van der Waals surface area contributed by atoms with E-state index in [0.29, 0.717) is 12.1 Å². The summed E-state index contributed by atoms with van der Waals surface area (Å²) in [4.78, 5) is 0. The lowest BCUT2D eigenvalue weighted by Gasteiger charge is -2.31. The molecule has 1 aliphatic rings. The molecule has 1 aromatic rings. The molecule has 0 saturated carbocycles. The quantitative estimate of drug-likeness (QED) is 0.652. The second-order valence-corrected chi connectivity index (χ2v) is 4.15. The predicted molar refractivity (Wildman–Crippen MR) is 66.6 cm³/mol. The molecule has 0 bridgehead atoms. The van der Waals surface area contributed by atoms with Crippen molar-refractivity contribution in [1.82, 2.24) is 0 Å². The normalized spacial score (nSPS) is 24.2. The van der Waals surface area contributed by atoms with Crippen molar-refractivity contribution in [2.45, 2.75) is 12.0 Å². The molecule has 1 aliphatic carbocycles. The fraction of sp³-hybridized carbons (Fsp3) is 0.231. The van der Waals surface area contributed by atoms with Crippen LogP contribution in [0.15, 0.2) is 42.5 Å². The van der Waals surface area contributed by atoms with E-state index in [9.17, 15) is 5.11 Å². The van der Waals surface area contributed by atoms with Gasteiger partial charge in [-0.05, 0) is 29.7 Å². The molecule has 1 atom stereocenters. The lowest BCUT2D eigenvalue weighted by molar-refractivity contribution is 0.233. The van der Waals surface area contributed by atoms with E-state index >= 15 is 0 Å². The Morgan fingerprint density at radius 3 is 2.88 bits per heavy atom. The number of aliphatic hydroxyl groups is 1. The number of hydrogen-bond donors (Lipinski definition) is 3. The van der Waals surface area contributed by atoms with E-state index in [4.69, 9.17) is 11.5 Å². The summed E-state index contributed by atoms with van der Waals surface area (Å²) in [5.74, 6) is 0. The van der Waals surface area contributed by atoms with Gasteiger partial charge in [0.2, 0.25) is 0 Å². The van der Waals surface area contributed by atoms with Gasteiger partial charge in [0, 0.05) is 5.69 Å². The third kappa shape index (κ3) is 1.87. The minimum Gasteiger partial charge on any atom is -0.399 e. The van der Waals surface area contributed by atoms with E-state index in [2.05, 4.69) is 0 Å². The van der Waals surface area contributed by atoms with Gasteiger partial charge in [0.15, 0.2) is 0 Å². The minimum atomic E-state index is -0.692. The smallest absolute Gasteiger partial charge is 0.0684 e. The van der Waals surface area contributed by atoms with Gasteiger partial charge in [-0.2, -0.15) is 0 Å². The van der Waals surface area contributed by atoms with Crippen LogP contribution in [-0.4, -0.2) is 17.3 Å². The number of aliphatic hydroxyl groups excluding tert-OH is 1. The predicted octanol–water partition coefficient (Wildman–Crippen LogP) is 1.30. The molecule has 16 heavy (non-hydrogen) atoms. The number of nitrogens with two attached hydrogens (primary N) is 2. The molecular weight excluding hydrogens is 200 g/mol. The molecule has 1 unspecified atom stereocenters. The minimum absolute atomic E-state index is 0.0715. The maximum absolute atomic E-state index is 9.42. The average Bonchev–Trinajstić information content (AvgIpc) is 2.29. The lowest BCUT2D eigenvalue weighted by atomic mass is 9.81. The van der Waals surface area contributed by atoms with E-state index in [-0.39, 0.29) is 6.61 Å². The van der Waals surface area contributed by atoms with Gasteiger partial charge in [0.25, 0.3) is 0 Å². The Morgan fingerprint density at radius 1 is 1.38 bits per heavy atom. The van der Waals surface area contributed by atoms with Crippen LogP contribution in [0.3, 0.4) is 0 Å². The van der Waals surface area contributed by atoms with Crippen molar-refractivity contribution in [2.24, 2.45) is 5.73 Å². The van der Waals surface area contributed by atoms with E-state index in [1.54, 1.807) is 0 Å². The van der Waals surface area contributed by atoms with E-state index in [1.165, 1.54) is 0 Å². The first kappa shape index (κ1) is 10.9. The number of allylic oxidation sites excluding steroid dienone is 2. The fourth-order valence-corrected chi connectivity index (χ4v) is 1.96. The van der Waals surface area contributed by atoms with Gasteiger partial charge in [0.05, 0.1) is 12.1 Å². The Bertz CT molecular complexity index is 451. The Morgan fingerprint density at radius 2 is 2.19 bits per heavy atom. The summed E-state index contributed by atoms with van der Waals surface area (Å²) in [6.45, 7) is -0.0715. The molecule has 0 amide bonds. The maximum Gasteiger partial charge on any atom is 0.0684 e. The Labute approximate surface area is 95.1 Å². The Hall–Kier alpha value is -1.58. The topological polar surface area (TPSA) is 72.3 Å². The molecule has 0 fully saturated rings. The van der Waals surface area contributed by atoms with Gasteiger partial charge in [-0.3, -0.25) is 0 Å². The lowest BCUT2D eigenvalue weighted by Crippen LogP contribution is -2.45. The molecule has 1 aromatic carbocycles. The Balaban J connectivity index is 2.45. The first-order valence-electron chi connectivity index (χ1n) is 5.29. The standard InChI is InChI=1S/C13H16N2O/c14-11-5-3-4-10(8-11)12-6-1-2-7-13(12,15)9-16/h1-6,8,16H,7,9,14-15H2. The first-order chi connectivity index (χ1) is 7.65. The summed E-state index contributed by atoms with van der Waals surface area (Å²) in [7, 11) is 0. The van der Waals surface area contributed by atoms with Crippen LogP contribution < -0.4 is 11.5 Å². The average molecular weight is 216 g/mol. The van der Waals surface area contributed by atoms with E-state index in [1.807, 2.05) is 42.5 Å². The van der Waals surface area contributed by atoms with Gasteiger partial charge in [-0.15, -0.1) is 0 Å². The molecule has 0 heterocycles. The highest BCUT2D eigenvalue weighted by molar-refractivity contribution is 5.77. The van der Waals surface area contributed by atoms with Crippen molar-refractivity contribution in [3.8, 4) is 0 Å². The van der Waals surface area contributed by atoms with Crippen LogP contribution in [0.1, 0.15) is 12.0 Å². The van der Waals surface area contributed by atoms with Crippen molar-refractivity contribution < 1.29 is 5.11 Å². The van der Waals surface area contributed by atoms with E-state index in [0.717, 1.165) is 11.1 Å². The highest BCUT2D eigenvalue weighted by Gasteiger charge is 2.30. The molecule has 84 valence electrons. The number of benzene rings is 1. The SMILES string of the molecule is Nc1cccc(C2=CC=CCC2(N)CO)c1. The fourth-order valence-electron chi connectivity index (χ4n) is 1.96. The van der Waals surface area contributed by atoms with Crippen LogP contribution in [0.25, 0.3) is 5.57 Å². The molecule has 0 aliphatic heterocycles. The van der Waals surface area contributed by atoms with Crippen LogP contribution in [0.2, 0.25) is 0 Å². The van der Waals surface area contributed by atoms with Gasteiger partial charge in [-0.1, -0.05) is 30.4 Å². The van der Waals surface area contributed by atoms with Crippen molar-refractivity contribution in [3.63, 3.8) is 0 Å². The molecule has 0 aromatic heterocycles. The zero-order valence-corrected chi connectivity index (χ0v) is 9.06. The van der Waals surface area contributed by atoms with Crippen LogP contribution in [0.4, 0.5) is 5.69 Å². The summed E-state index contributed by atoms with van der Waals surface area (Å²) in [6.07, 6.45) is 6.50. The zero-order valence-electron chi connectivity index (χ0n) is 9.06. The molecule has 5 N–H and O–H groups in total. The molecule has 0 saturated heterocycles. The van der Waals surface area contributed by atoms with Gasteiger partial charge in [-0.25, -0.2) is 0 Å². The van der Waals surface area contributed by atoms with Gasteiger partial charge in [0.1, 0.15) is 0 Å². The summed E-state index contributed by atoms with van der Waals surface area (Å²) >= 11 is 0. The molecule has 3 nitrogen and oxygen atoms in total. The zero-order chi connectivity index (χ0) is 11.6. The molecule has 2 rings (SSSR count). The number of hydrogen-bond acceptors (Lipinski definition) is 3. The number of rotatable bonds is 2. The van der Waals surface area contributed by atoms with Crippen LogP contribution in [0.5, 0.6) is 0 Å². The summed E-state index contributed by atoms with van der Waals surface area (Å²) in [6, 6.07) is 7.56. The van der Waals surface area contributed by atoms with E-state index < -0.39 is 5.54 Å². The van der Waals surface area contributed by atoms with Crippen LogP contribution in [0, 0.1) is 0 Å². The van der Waals surface area contributed by atoms with Gasteiger partial charge >= 0.3 is 0 Å². The first-order valence-corrected chi connectivity index (χ1v) is 5.29. The van der Waals surface area contributed by atoms with Gasteiger partial charge < -0.3 is 16.6 Å². The van der Waals surface area contributed by atoms with Crippen molar-refractivity contribution in [2.75, 3.05) is 12.3 Å². The highest BCUT2D eigenvalue weighted by Crippen LogP contribution is 2.31. The molecular formula is C13H16N2O. The summed E-state index contributed by atoms with van der Waals surface area (Å²) < 4.78 is 0. The molecule has 3 heteroatoms. The number of nitrogen functional groups attached to an aromatic ring is 1. The third-order valence-corrected chi connectivity index (χ3v) is 2.90. The number of anilines is 1. The second kappa shape index (κ2) is 4.12. The van der Waals surface area contributed by atoms with Crippen molar-refractivity contribution in [3.05, 3.63) is 48.1 Å². The largest absolute Gasteiger partial charge is 0.399 e. The summed E-state index contributed by atoms with van der Waals surface area (Å²) in [5.41, 5.74) is 13.8. The van der Waals surface area contributed by atoms with Crippen molar-refractivity contribution >= 4 is 11.3 Å². The van der Waals surface area contributed by atoms with Crippen molar-refractivity contribution in [1.29, 1.82) is 0 Å². The van der Waals surface area contributed by atoms with Crippen LogP contribution >= 0.6 is 0 Å². The molecule has 0 spiro atoms. The highest BCUT2D eigenvalue weighted by atomic mass is 16.3. The molecule has 0 radical (unpaired) electrons. The van der Waals surface area contributed by atoms with Crippen LogP contribution in [-0.2, 0) is 0 Å². The Kier molecular flexibility index (Phi) is 2.81. The summed E-state index contributed by atoms with van der Waals surface area (Å²) in [5, 5.41) is 9.42.